The van der Waals surface area contributed by atoms with Crippen molar-refractivity contribution in [3.63, 3.8) is 0 Å². The molecular weight excluding hydrogens is 286 g/mol. The number of aryl methyl sites for hydroxylation is 1. The second-order valence-corrected chi connectivity index (χ2v) is 5.60. The summed E-state index contributed by atoms with van der Waals surface area (Å²) in [5, 5.41) is 8.79. The maximum Gasteiger partial charge on any atom is 0.106 e. The van der Waals surface area contributed by atoms with Crippen LogP contribution in [0.2, 0.25) is 0 Å². The maximum absolute atomic E-state index is 4.99. The van der Waals surface area contributed by atoms with E-state index in [0.29, 0.717) is 0 Å². The second-order valence-electron chi connectivity index (χ2n) is 5.60. The van der Waals surface area contributed by atoms with Crippen LogP contribution in [-0.4, -0.2) is 17.8 Å². The number of nitrogens with one attached hydrogen (secondary N) is 1. The first-order valence-electron chi connectivity index (χ1n) is 7.69. The minimum atomic E-state index is 0.915. The maximum atomic E-state index is 4.99. The molecule has 0 atom stereocenters. The lowest BCUT2D eigenvalue weighted by Crippen LogP contribution is -2.02. The number of hydrogen-bond donors (Lipinski definition) is 1. The van der Waals surface area contributed by atoms with Gasteiger partial charge in [-0.15, -0.1) is 0 Å². The summed E-state index contributed by atoms with van der Waals surface area (Å²) in [6.07, 6.45) is 3.78. The largest absolute Gasteiger partial charge is 0.399 e. The lowest BCUT2D eigenvalue weighted by molar-refractivity contribution is 0.213. The van der Waals surface area contributed by atoms with Gasteiger partial charge >= 0.3 is 0 Å². The molecule has 1 aromatic heterocycles. The van der Waals surface area contributed by atoms with Crippen molar-refractivity contribution >= 4 is 28.0 Å². The van der Waals surface area contributed by atoms with E-state index in [4.69, 9.17) is 4.84 Å². The van der Waals surface area contributed by atoms with Gasteiger partial charge in [0.2, 0.25) is 0 Å². The Morgan fingerprint density at radius 1 is 1.09 bits per heavy atom. The van der Waals surface area contributed by atoms with Gasteiger partial charge in [-0.1, -0.05) is 35.5 Å². The van der Waals surface area contributed by atoms with E-state index in [1.54, 1.807) is 7.11 Å². The smallest absolute Gasteiger partial charge is 0.106 e. The van der Waals surface area contributed by atoms with E-state index in [1.165, 1.54) is 5.56 Å². The van der Waals surface area contributed by atoms with Gasteiger partial charge in [0.1, 0.15) is 7.11 Å². The molecule has 4 nitrogen and oxygen atoms in total. The molecule has 4 heteroatoms. The Kier molecular flexibility index (Phi) is 3.42. The molecule has 0 saturated carbocycles. The minimum Gasteiger partial charge on any atom is -0.399 e. The van der Waals surface area contributed by atoms with E-state index in [2.05, 4.69) is 45.8 Å². The Balaban J connectivity index is 1.74. The Bertz CT molecular complexity index is 902. The molecule has 2 aromatic carbocycles. The highest BCUT2D eigenvalue weighted by molar-refractivity contribution is 6.09. The third-order valence-corrected chi connectivity index (χ3v) is 4.14. The zero-order valence-corrected chi connectivity index (χ0v) is 12.9. The zero-order chi connectivity index (χ0) is 15.6. The molecule has 1 aliphatic rings. The van der Waals surface area contributed by atoms with E-state index in [9.17, 15) is 0 Å². The number of fused-ring (bicyclic) bond motifs is 2. The van der Waals surface area contributed by atoms with Gasteiger partial charge in [-0.3, -0.25) is 4.98 Å². The predicted octanol–water partition coefficient (Wildman–Crippen LogP) is 4.28. The second kappa shape index (κ2) is 5.72. The summed E-state index contributed by atoms with van der Waals surface area (Å²) >= 11 is 0. The average Bonchev–Trinajstić information content (AvgIpc) is 2.99. The summed E-state index contributed by atoms with van der Waals surface area (Å²) < 4.78 is 0. The van der Waals surface area contributed by atoms with Crippen molar-refractivity contribution in [1.29, 1.82) is 0 Å². The Labute approximate surface area is 134 Å². The number of pyridine rings is 1. The van der Waals surface area contributed by atoms with Crippen molar-refractivity contribution in [2.75, 3.05) is 12.4 Å². The van der Waals surface area contributed by atoms with Crippen LogP contribution >= 0.6 is 0 Å². The van der Waals surface area contributed by atoms with Crippen LogP contribution in [0.25, 0.3) is 10.9 Å². The number of oxime groups is 1. The molecule has 1 aliphatic carbocycles. The first kappa shape index (κ1) is 13.8. The molecule has 114 valence electrons. The lowest BCUT2D eigenvalue weighted by atomic mass is 10.1. The molecule has 1 N–H and O–H groups in total. The van der Waals surface area contributed by atoms with Crippen molar-refractivity contribution in [3.05, 3.63) is 65.9 Å². The van der Waals surface area contributed by atoms with Crippen LogP contribution in [0.4, 0.5) is 11.4 Å². The first-order chi connectivity index (χ1) is 11.3. The molecular formula is C19H17N3O. The molecule has 0 fully saturated rings. The van der Waals surface area contributed by atoms with Crippen LogP contribution in [0.1, 0.15) is 17.5 Å². The average molecular weight is 303 g/mol. The number of rotatable bonds is 3. The standard InChI is InChI=1S/C19H17N3O/c1-23-22-18-10-9-13-6-4-8-17(19(13)18)21-15-11-14-5-2-3-7-16(14)20-12-15/h2-8,11-12,21H,9-10H2,1H3/b22-18+. The molecule has 0 unspecified atom stereocenters. The minimum absolute atomic E-state index is 0.915. The molecule has 0 bridgehead atoms. The zero-order valence-electron chi connectivity index (χ0n) is 12.9. The van der Waals surface area contributed by atoms with E-state index in [0.717, 1.165) is 46.4 Å². The van der Waals surface area contributed by atoms with Gasteiger partial charge in [-0.2, -0.15) is 0 Å². The highest BCUT2D eigenvalue weighted by Crippen LogP contribution is 2.32. The van der Waals surface area contributed by atoms with Gasteiger partial charge < -0.3 is 10.2 Å². The molecule has 1 heterocycles. The normalized spacial score (nSPS) is 14.9. The van der Waals surface area contributed by atoms with Crippen LogP contribution in [0.3, 0.4) is 0 Å². The fraction of sp³-hybridized carbons (Fsp3) is 0.158. The van der Waals surface area contributed by atoms with Gasteiger partial charge in [-0.25, -0.2) is 0 Å². The van der Waals surface area contributed by atoms with Crippen molar-refractivity contribution < 1.29 is 4.84 Å². The van der Waals surface area contributed by atoms with Gasteiger partial charge in [0.15, 0.2) is 0 Å². The van der Waals surface area contributed by atoms with E-state index in [1.807, 2.05) is 24.4 Å². The summed E-state index contributed by atoms with van der Waals surface area (Å²) in [5.41, 5.74) is 6.48. The Morgan fingerprint density at radius 3 is 2.91 bits per heavy atom. The SMILES string of the molecule is CO/N=C1\CCc2cccc(Nc3cnc4ccccc4c3)c21. The third kappa shape index (κ3) is 2.52. The molecule has 3 aromatic rings. The number of anilines is 2. The quantitative estimate of drug-likeness (QED) is 0.735. The van der Waals surface area contributed by atoms with E-state index >= 15 is 0 Å². The molecule has 0 spiro atoms. The third-order valence-electron chi connectivity index (χ3n) is 4.14. The van der Waals surface area contributed by atoms with Crippen LogP contribution in [0, 0.1) is 0 Å². The summed E-state index contributed by atoms with van der Waals surface area (Å²) in [6.45, 7) is 0. The number of para-hydroxylation sites is 1. The topological polar surface area (TPSA) is 46.5 Å². The van der Waals surface area contributed by atoms with Gasteiger partial charge in [0.25, 0.3) is 0 Å². The summed E-state index contributed by atoms with van der Waals surface area (Å²) in [5.74, 6) is 0. The molecule has 0 saturated heterocycles. The van der Waals surface area contributed by atoms with E-state index in [-0.39, 0.29) is 0 Å². The van der Waals surface area contributed by atoms with Crippen LogP contribution in [0.5, 0.6) is 0 Å². The van der Waals surface area contributed by atoms with Crippen LogP contribution in [0.15, 0.2) is 59.9 Å². The fourth-order valence-corrected chi connectivity index (χ4v) is 3.13. The summed E-state index contributed by atoms with van der Waals surface area (Å²) in [4.78, 5) is 9.50. The number of aromatic nitrogens is 1. The monoisotopic (exact) mass is 303 g/mol. The molecule has 0 aliphatic heterocycles. The van der Waals surface area contributed by atoms with Crippen molar-refractivity contribution in [2.45, 2.75) is 12.8 Å². The van der Waals surface area contributed by atoms with Crippen molar-refractivity contribution in [2.24, 2.45) is 5.16 Å². The number of hydrogen-bond acceptors (Lipinski definition) is 4. The van der Waals surface area contributed by atoms with Crippen LogP contribution < -0.4 is 5.32 Å². The lowest BCUT2D eigenvalue weighted by Gasteiger charge is -2.12. The molecule has 4 rings (SSSR count). The summed E-state index contributed by atoms with van der Waals surface area (Å²) in [7, 11) is 1.59. The van der Waals surface area contributed by atoms with E-state index < -0.39 is 0 Å². The predicted molar refractivity (Wildman–Crippen MR) is 93.3 cm³/mol. The number of benzene rings is 2. The first-order valence-corrected chi connectivity index (χ1v) is 7.69. The summed E-state index contributed by atoms with van der Waals surface area (Å²) in [6, 6.07) is 16.5. The van der Waals surface area contributed by atoms with Crippen molar-refractivity contribution in [3.8, 4) is 0 Å². The van der Waals surface area contributed by atoms with Crippen LogP contribution in [-0.2, 0) is 11.3 Å². The van der Waals surface area contributed by atoms with Gasteiger partial charge in [0.05, 0.1) is 23.1 Å². The number of nitrogens with zero attached hydrogens (tertiary/aromatic N) is 2. The highest BCUT2D eigenvalue weighted by Gasteiger charge is 2.21. The molecule has 0 amide bonds. The Hall–Kier alpha value is -2.88. The van der Waals surface area contributed by atoms with Gasteiger partial charge in [0, 0.05) is 16.6 Å². The Morgan fingerprint density at radius 2 is 2.00 bits per heavy atom. The van der Waals surface area contributed by atoms with Gasteiger partial charge in [-0.05, 0) is 36.6 Å². The van der Waals surface area contributed by atoms with Crippen molar-refractivity contribution in [1.82, 2.24) is 4.98 Å². The fourth-order valence-electron chi connectivity index (χ4n) is 3.13. The highest BCUT2D eigenvalue weighted by atomic mass is 16.6. The molecule has 23 heavy (non-hydrogen) atoms. The molecule has 0 radical (unpaired) electrons.